The third-order valence-corrected chi connectivity index (χ3v) is 10.9. The summed E-state index contributed by atoms with van der Waals surface area (Å²) in [7, 11) is 5.41. The Morgan fingerprint density at radius 3 is 1.38 bits per heavy atom. The number of aliphatic carboxylic acids is 1. The van der Waals surface area contributed by atoms with Crippen LogP contribution in [0.1, 0.15) is 206 Å². The molecule has 0 aromatic rings. The van der Waals surface area contributed by atoms with Gasteiger partial charge in [-0.25, -0.2) is 0 Å². The van der Waals surface area contributed by atoms with Crippen molar-refractivity contribution in [2.75, 3.05) is 41.0 Å². The molecule has 0 fully saturated rings. The predicted octanol–water partition coefficient (Wildman–Crippen LogP) is 12.8. The summed E-state index contributed by atoms with van der Waals surface area (Å²) in [6, 6.07) is -0.730. The largest absolute Gasteiger partial charge is 0.544 e. The van der Waals surface area contributed by atoms with Crippen molar-refractivity contribution in [3.8, 4) is 0 Å². The number of esters is 2. The Hall–Kier alpha value is -2.97. The number of unbranched alkanes of at least 4 members (excludes halogenated alkanes) is 20. The Morgan fingerprint density at radius 1 is 0.508 bits per heavy atom. The molecule has 0 N–H and O–H groups in total. The van der Waals surface area contributed by atoms with Crippen LogP contribution in [0.2, 0.25) is 0 Å². The molecule has 0 aliphatic heterocycles. The monoisotopic (exact) mass is 856 g/mol. The molecule has 0 spiro atoms. The van der Waals surface area contributed by atoms with Gasteiger partial charge in [-0.05, 0) is 77.0 Å². The third kappa shape index (κ3) is 42.1. The fraction of sp³-hybridized carbons (Fsp3) is 0.755. The van der Waals surface area contributed by atoms with Crippen molar-refractivity contribution in [3.63, 3.8) is 0 Å². The summed E-state index contributed by atoms with van der Waals surface area (Å²) in [5.74, 6) is -1.75. The molecule has 0 heterocycles. The second-order valence-electron chi connectivity index (χ2n) is 17.7. The fourth-order valence-electron chi connectivity index (χ4n) is 7.06. The molecule has 8 nitrogen and oxygen atoms in total. The summed E-state index contributed by atoms with van der Waals surface area (Å²) in [6.07, 6.45) is 53.8. The first-order chi connectivity index (χ1) is 29.6. The van der Waals surface area contributed by atoms with Gasteiger partial charge in [-0.3, -0.25) is 9.59 Å². The van der Waals surface area contributed by atoms with Crippen molar-refractivity contribution in [1.29, 1.82) is 0 Å². The van der Waals surface area contributed by atoms with E-state index in [2.05, 4.69) is 74.6 Å². The summed E-state index contributed by atoms with van der Waals surface area (Å²) < 4.78 is 17.2. The van der Waals surface area contributed by atoms with E-state index in [9.17, 15) is 19.5 Å². The van der Waals surface area contributed by atoms with Gasteiger partial charge in [0, 0.05) is 19.3 Å². The van der Waals surface area contributed by atoms with Gasteiger partial charge in [0.2, 0.25) is 0 Å². The van der Waals surface area contributed by atoms with E-state index in [1.807, 2.05) is 0 Å². The fourth-order valence-corrected chi connectivity index (χ4v) is 7.06. The quantitative estimate of drug-likeness (QED) is 0.0260. The maximum absolute atomic E-state index is 12.8. The SMILES string of the molecule is CC/C=C\C/C=C\C/C=C\C/C=C\CCCCCCCCCCC(=O)OC(COCCC(C(=O)[O-])[N+](C)(C)C)COC(=O)CCCCCCC/C=C\CCCCCCCCC. The first kappa shape index (κ1) is 58.0. The van der Waals surface area contributed by atoms with Gasteiger partial charge in [0.15, 0.2) is 6.10 Å². The molecule has 8 heteroatoms. The topological polar surface area (TPSA) is 102 Å². The average Bonchev–Trinajstić information content (AvgIpc) is 3.22. The standard InChI is InChI=1S/C53H93NO7/c1-6-8-10-12-14-16-18-20-22-24-25-26-27-28-30-32-34-36-38-40-42-44-52(56)61-49(47-59-46-45-50(53(57)58)54(3,4)5)48-60-51(55)43-41-39-37-35-33-31-29-23-21-19-17-15-13-11-9-7-2/h8,10,14,16,20,22-23,25-26,29,49-50H,6-7,9,11-13,15,17-19,21,24,27-28,30-48H2,1-5H3/b10-8-,16-14-,22-20-,26-25-,29-23-. The smallest absolute Gasteiger partial charge is 0.306 e. The molecule has 61 heavy (non-hydrogen) atoms. The summed E-state index contributed by atoms with van der Waals surface area (Å²) in [5.41, 5.74) is 0. The highest BCUT2D eigenvalue weighted by Gasteiger charge is 2.25. The zero-order valence-corrected chi connectivity index (χ0v) is 40.1. The molecule has 0 rings (SSSR count). The van der Waals surface area contributed by atoms with Gasteiger partial charge in [0.1, 0.15) is 12.6 Å². The summed E-state index contributed by atoms with van der Waals surface area (Å²) in [6.45, 7) is 4.54. The second kappa shape index (κ2) is 43.7. The number of allylic oxidation sites excluding steroid dienone is 10. The number of carboxylic acids is 1. The van der Waals surface area contributed by atoms with E-state index >= 15 is 0 Å². The van der Waals surface area contributed by atoms with Crippen LogP contribution >= 0.6 is 0 Å². The molecule has 0 bridgehead atoms. The van der Waals surface area contributed by atoms with Crippen LogP contribution in [0.15, 0.2) is 60.8 Å². The molecule has 0 aliphatic rings. The number of carbonyl (C=O) groups is 3. The van der Waals surface area contributed by atoms with Crippen LogP contribution in [0.25, 0.3) is 0 Å². The van der Waals surface area contributed by atoms with Crippen molar-refractivity contribution >= 4 is 17.9 Å². The van der Waals surface area contributed by atoms with Crippen LogP contribution in [-0.4, -0.2) is 75.5 Å². The minimum atomic E-state index is -1.13. The van der Waals surface area contributed by atoms with E-state index in [4.69, 9.17) is 14.2 Å². The number of carboxylic acid groups (broad SMARTS) is 1. The Bertz CT molecular complexity index is 1180. The van der Waals surface area contributed by atoms with Crippen molar-refractivity contribution in [3.05, 3.63) is 60.8 Å². The second-order valence-corrected chi connectivity index (χ2v) is 17.7. The summed E-state index contributed by atoms with van der Waals surface area (Å²) in [4.78, 5) is 37.0. The average molecular weight is 856 g/mol. The van der Waals surface area contributed by atoms with E-state index in [1.54, 1.807) is 21.1 Å². The minimum absolute atomic E-state index is 0.0334. The van der Waals surface area contributed by atoms with Gasteiger partial charge in [0.05, 0.1) is 40.3 Å². The molecule has 0 amide bonds. The first-order valence-corrected chi connectivity index (χ1v) is 24.8. The lowest BCUT2D eigenvalue weighted by Gasteiger charge is -2.34. The lowest BCUT2D eigenvalue weighted by Crippen LogP contribution is -2.55. The Balaban J connectivity index is 4.30. The maximum atomic E-state index is 12.8. The Kier molecular flexibility index (Phi) is 41.5. The van der Waals surface area contributed by atoms with E-state index in [1.165, 1.54) is 89.9 Å². The normalized spacial score (nSPS) is 13.4. The molecule has 0 radical (unpaired) electrons. The molecule has 0 saturated heterocycles. The number of ether oxygens (including phenoxy) is 3. The Labute approximate surface area is 375 Å². The molecular weight excluding hydrogens is 763 g/mol. The van der Waals surface area contributed by atoms with Crippen LogP contribution in [0.5, 0.6) is 0 Å². The third-order valence-electron chi connectivity index (χ3n) is 10.9. The highest BCUT2D eigenvalue weighted by atomic mass is 16.6. The number of hydrogen-bond acceptors (Lipinski definition) is 7. The van der Waals surface area contributed by atoms with Gasteiger partial charge in [-0.1, -0.05) is 171 Å². The molecule has 0 aromatic carbocycles. The highest BCUT2D eigenvalue weighted by molar-refractivity contribution is 5.70. The van der Waals surface area contributed by atoms with Gasteiger partial charge in [0.25, 0.3) is 0 Å². The van der Waals surface area contributed by atoms with Crippen LogP contribution in [-0.2, 0) is 28.6 Å². The molecular formula is C53H93NO7. The van der Waals surface area contributed by atoms with Crippen LogP contribution in [0.3, 0.4) is 0 Å². The molecule has 0 saturated carbocycles. The zero-order chi connectivity index (χ0) is 44.9. The van der Waals surface area contributed by atoms with E-state index in [0.717, 1.165) is 83.5 Å². The lowest BCUT2D eigenvalue weighted by atomic mass is 10.1. The summed E-state index contributed by atoms with van der Waals surface area (Å²) in [5, 5.41) is 11.7. The van der Waals surface area contributed by atoms with Crippen LogP contribution in [0, 0.1) is 0 Å². The maximum Gasteiger partial charge on any atom is 0.306 e. The molecule has 352 valence electrons. The number of carbonyl (C=O) groups excluding carboxylic acids is 3. The minimum Gasteiger partial charge on any atom is -0.544 e. The van der Waals surface area contributed by atoms with Crippen LogP contribution < -0.4 is 5.11 Å². The molecule has 2 atom stereocenters. The van der Waals surface area contributed by atoms with Crippen molar-refractivity contribution in [2.45, 2.75) is 219 Å². The number of rotatable bonds is 44. The molecule has 2 unspecified atom stereocenters. The van der Waals surface area contributed by atoms with Gasteiger partial charge in [-0.15, -0.1) is 0 Å². The van der Waals surface area contributed by atoms with E-state index in [0.29, 0.717) is 12.8 Å². The summed E-state index contributed by atoms with van der Waals surface area (Å²) >= 11 is 0. The number of hydrogen-bond donors (Lipinski definition) is 0. The number of likely N-dealkylation sites (N-methyl/N-ethyl adjacent to an activating group) is 1. The van der Waals surface area contributed by atoms with Crippen LogP contribution in [0.4, 0.5) is 0 Å². The van der Waals surface area contributed by atoms with Crippen molar-refractivity contribution < 1.29 is 38.2 Å². The van der Waals surface area contributed by atoms with Gasteiger partial charge in [-0.2, -0.15) is 0 Å². The van der Waals surface area contributed by atoms with E-state index < -0.39 is 18.1 Å². The molecule has 0 aromatic heterocycles. The van der Waals surface area contributed by atoms with Gasteiger partial charge >= 0.3 is 11.9 Å². The van der Waals surface area contributed by atoms with Crippen molar-refractivity contribution in [1.82, 2.24) is 0 Å². The first-order valence-electron chi connectivity index (χ1n) is 24.8. The number of quaternary nitrogens is 1. The van der Waals surface area contributed by atoms with Crippen molar-refractivity contribution in [2.24, 2.45) is 0 Å². The zero-order valence-electron chi connectivity index (χ0n) is 40.1. The van der Waals surface area contributed by atoms with Gasteiger partial charge < -0.3 is 28.6 Å². The predicted molar refractivity (Wildman–Crippen MR) is 254 cm³/mol. The highest BCUT2D eigenvalue weighted by Crippen LogP contribution is 2.14. The number of nitrogens with zero attached hydrogens (tertiary/aromatic N) is 1. The van der Waals surface area contributed by atoms with E-state index in [-0.39, 0.29) is 42.7 Å². The molecule has 0 aliphatic carbocycles. The Morgan fingerprint density at radius 2 is 0.918 bits per heavy atom. The lowest BCUT2D eigenvalue weighted by molar-refractivity contribution is -0.889.